The molecule has 0 fully saturated rings. The highest BCUT2D eigenvalue weighted by molar-refractivity contribution is 6.33. The molecule has 1 rings (SSSR count). The fourth-order valence-corrected chi connectivity index (χ4v) is 1.35. The molecule has 1 aromatic carbocycles. The summed E-state index contributed by atoms with van der Waals surface area (Å²) < 4.78 is 4.90. The lowest BCUT2D eigenvalue weighted by atomic mass is 10.2. The van der Waals surface area contributed by atoms with Gasteiger partial charge in [0.05, 0.1) is 10.7 Å². The van der Waals surface area contributed by atoms with Crippen molar-refractivity contribution in [2.75, 3.05) is 19.0 Å². The van der Waals surface area contributed by atoms with Crippen molar-refractivity contribution in [3.05, 3.63) is 28.8 Å². The van der Waals surface area contributed by atoms with Crippen LogP contribution < -0.4 is 5.32 Å². The van der Waals surface area contributed by atoms with Crippen molar-refractivity contribution in [1.82, 2.24) is 0 Å². The summed E-state index contributed by atoms with van der Waals surface area (Å²) in [5.41, 5.74) is 1.13. The minimum atomic E-state index is -0.562. The number of benzene rings is 1. The second kappa shape index (κ2) is 7.02. The van der Waals surface area contributed by atoms with Crippen LogP contribution in [0.2, 0.25) is 5.02 Å². The molecule has 1 atom stereocenters. The van der Waals surface area contributed by atoms with Gasteiger partial charge in [-0.15, -0.1) is 0 Å². The number of nitrogens with one attached hydrogen (secondary N) is 1. The molecule has 0 aliphatic rings. The Morgan fingerprint density at radius 3 is 2.94 bits per heavy atom. The zero-order chi connectivity index (χ0) is 13.5. The highest BCUT2D eigenvalue weighted by Gasteiger charge is 2.13. The Bertz CT molecular complexity index is 491. The van der Waals surface area contributed by atoms with Crippen LogP contribution in [-0.2, 0) is 9.53 Å². The largest absolute Gasteiger partial charge is 0.384 e. The van der Waals surface area contributed by atoms with E-state index in [1.54, 1.807) is 25.1 Å². The lowest BCUT2D eigenvalue weighted by Gasteiger charge is -2.11. The summed E-state index contributed by atoms with van der Waals surface area (Å²) in [7, 11) is 1.45. The minimum Gasteiger partial charge on any atom is -0.384 e. The predicted octanol–water partition coefficient (Wildman–Crippen LogP) is 1.66. The molecular formula is C13H14ClNO3. The molecule has 0 saturated heterocycles. The predicted molar refractivity (Wildman–Crippen MR) is 70.5 cm³/mol. The Morgan fingerprint density at radius 1 is 1.61 bits per heavy atom. The SMILES string of the molecule is COC(C)C(=O)Nc1cc(C#CCO)ccc1Cl. The maximum Gasteiger partial charge on any atom is 0.253 e. The third-order valence-corrected chi connectivity index (χ3v) is 2.59. The van der Waals surface area contributed by atoms with Gasteiger partial charge in [0.1, 0.15) is 12.7 Å². The van der Waals surface area contributed by atoms with Crippen molar-refractivity contribution >= 4 is 23.2 Å². The van der Waals surface area contributed by atoms with Crippen LogP contribution in [0.5, 0.6) is 0 Å². The van der Waals surface area contributed by atoms with E-state index in [1.807, 2.05) is 0 Å². The monoisotopic (exact) mass is 267 g/mol. The summed E-state index contributed by atoms with van der Waals surface area (Å²) in [6, 6.07) is 4.99. The minimum absolute atomic E-state index is 0.217. The second-order valence-corrected chi connectivity index (χ2v) is 3.93. The van der Waals surface area contributed by atoms with Gasteiger partial charge in [0.15, 0.2) is 0 Å². The molecule has 4 nitrogen and oxygen atoms in total. The van der Waals surface area contributed by atoms with Crippen molar-refractivity contribution in [2.45, 2.75) is 13.0 Å². The number of carbonyl (C=O) groups is 1. The average molecular weight is 268 g/mol. The number of amides is 1. The fourth-order valence-electron chi connectivity index (χ4n) is 1.18. The van der Waals surface area contributed by atoms with Crippen LogP contribution in [0, 0.1) is 11.8 Å². The first-order chi connectivity index (χ1) is 8.58. The number of aliphatic hydroxyl groups is 1. The van der Waals surface area contributed by atoms with Gasteiger partial charge in [-0.25, -0.2) is 0 Å². The number of carbonyl (C=O) groups excluding carboxylic acids is 1. The first-order valence-electron chi connectivity index (χ1n) is 5.31. The number of methoxy groups -OCH3 is 1. The molecule has 0 spiro atoms. The van der Waals surface area contributed by atoms with Crippen LogP contribution in [0.4, 0.5) is 5.69 Å². The van der Waals surface area contributed by atoms with E-state index in [1.165, 1.54) is 7.11 Å². The third kappa shape index (κ3) is 4.04. The number of hydrogen-bond acceptors (Lipinski definition) is 3. The van der Waals surface area contributed by atoms with E-state index in [2.05, 4.69) is 17.2 Å². The van der Waals surface area contributed by atoms with Crippen LogP contribution in [0.3, 0.4) is 0 Å². The van der Waals surface area contributed by atoms with E-state index >= 15 is 0 Å². The summed E-state index contributed by atoms with van der Waals surface area (Å²) in [6.45, 7) is 1.42. The maximum atomic E-state index is 11.7. The molecule has 0 heterocycles. The molecular weight excluding hydrogens is 254 g/mol. The molecule has 2 N–H and O–H groups in total. The van der Waals surface area contributed by atoms with Crippen molar-refractivity contribution in [1.29, 1.82) is 0 Å². The van der Waals surface area contributed by atoms with Gasteiger partial charge in [0.2, 0.25) is 0 Å². The van der Waals surface area contributed by atoms with E-state index in [9.17, 15) is 4.79 Å². The van der Waals surface area contributed by atoms with E-state index in [0.717, 1.165) is 0 Å². The Morgan fingerprint density at radius 2 is 2.33 bits per heavy atom. The van der Waals surface area contributed by atoms with Gasteiger partial charge >= 0.3 is 0 Å². The molecule has 0 saturated carbocycles. The number of rotatable bonds is 3. The standard InChI is InChI=1S/C13H14ClNO3/c1-9(18-2)13(17)15-12-8-10(4-3-7-16)5-6-11(12)14/h5-6,8-9,16H,7H2,1-2H3,(H,15,17). The van der Waals surface area contributed by atoms with E-state index in [4.69, 9.17) is 21.4 Å². The summed E-state index contributed by atoms with van der Waals surface area (Å²) in [6.07, 6.45) is -0.562. The van der Waals surface area contributed by atoms with E-state index in [0.29, 0.717) is 16.3 Å². The van der Waals surface area contributed by atoms with Gasteiger partial charge in [0.25, 0.3) is 5.91 Å². The molecule has 5 heteroatoms. The fraction of sp³-hybridized carbons (Fsp3) is 0.308. The Kier molecular flexibility index (Phi) is 5.66. The molecule has 0 aliphatic carbocycles. The molecule has 0 aliphatic heterocycles. The summed E-state index contributed by atoms with van der Waals surface area (Å²) in [5.74, 6) is 4.98. The van der Waals surface area contributed by atoms with Crippen LogP contribution in [0.25, 0.3) is 0 Å². The lowest BCUT2D eigenvalue weighted by Crippen LogP contribution is -2.26. The number of hydrogen-bond donors (Lipinski definition) is 2. The average Bonchev–Trinajstić information content (AvgIpc) is 2.38. The van der Waals surface area contributed by atoms with E-state index in [-0.39, 0.29) is 12.5 Å². The first-order valence-corrected chi connectivity index (χ1v) is 5.69. The van der Waals surface area contributed by atoms with Gasteiger partial charge < -0.3 is 15.2 Å². The quantitative estimate of drug-likeness (QED) is 0.819. The molecule has 1 amide bonds. The van der Waals surface area contributed by atoms with Gasteiger partial charge in [-0.05, 0) is 25.1 Å². The van der Waals surface area contributed by atoms with Crippen LogP contribution >= 0.6 is 11.6 Å². The topological polar surface area (TPSA) is 58.6 Å². The zero-order valence-electron chi connectivity index (χ0n) is 10.2. The molecule has 96 valence electrons. The number of halogens is 1. The highest BCUT2D eigenvalue weighted by atomic mass is 35.5. The van der Waals surface area contributed by atoms with Gasteiger partial charge in [-0.3, -0.25) is 4.79 Å². The lowest BCUT2D eigenvalue weighted by molar-refractivity contribution is -0.124. The Balaban J connectivity index is 2.91. The third-order valence-electron chi connectivity index (χ3n) is 2.26. The van der Waals surface area contributed by atoms with Crippen molar-refractivity contribution in [3.8, 4) is 11.8 Å². The maximum absolute atomic E-state index is 11.7. The van der Waals surface area contributed by atoms with Crippen molar-refractivity contribution in [2.24, 2.45) is 0 Å². The second-order valence-electron chi connectivity index (χ2n) is 3.52. The molecule has 18 heavy (non-hydrogen) atoms. The van der Waals surface area contributed by atoms with Crippen LogP contribution in [-0.4, -0.2) is 30.8 Å². The molecule has 1 unspecified atom stereocenters. The van der Waals surface area contributed by atoms with Crippen molar-refractivity contribution in [3.63, 3.8) is 0 Å². The summed E-state index contributed by atoms with van der Waals surface area (Å²) in [4.78, 5) is 11.7. The Labute approximate surface area is 111 Å². The van der Waals surface area contributed by atoms with Crippen LogP contribution in [0.1, 0.15) is 12.5 Å². The number of aliphatic hydroxyl groups excluding tert-OH is 1. The van der Waals surface area contributed by atoms with Gasteiger partial charge in [-0.1, -0.05) is 23.4 Å². The highest BCUT2D eigenvalue weighted by Crippen LogP contribution is 2.23. The molecule has 1 aromatic rings. The smallest absolute Gasteiger partial charge is 0.253 e. The number of ether oxygens (including phenoxy) is 1. The van der Waals surface area contributed by atoms with Gasteiger partial charge in [-0.2, -0.15) is 0 Å². The molecule has 0 bridgehead atoms. The summed E-state index contributed by atoms with van der Waals surface area (Å²) in [5, 5.41) is 11.7. The zero-order valence-corrected chi connectivity index (χ0v) is 10.9. The van der Waals surface area contributed by atoms with Crippen LogP contribution in [0.15, 0.2) is 18.2 Å². The summed E-state index contributed by atoms with van der Waals surface area (Å²) >= 11 is 5.97. The normalized spacial score (nSPS) is 11.3. The molecule has 0 aromatic heterocycles. The molecule has 0 radical (unpaired) electrons. The van der Waals surface area contributed by atoms with Gasteiger partial charge in [0, 0.05) is 12.7 Å². The Hall–Kier alpha value is -1.54. The first kappa shape index (κ1) is 14.5. The number of anilines is 1. The van der Waals surface area contributed by atoms with E-state index < -0.39 is 6.10 Å². The van der Waals surface area contributed by atoms with Crippen molar-refractivity contribution < 1.29 is 14.6 Å².